The van der Waals surface area contributed by atoms with Gasteiger partial charge in [0.05, 0.1) is 17.6 Å². The first kappa shape index (κ1) is 30.9. The number of aromatic hydroxyl groups is 1. The van der Waals surface area contributed by atoms with Gasteiger partial charge in [-0.3, -0.25) is 14.4 Å². The molecule has 0 radical (unpaired) electrons. The van der Waals surface area contributed by atoms with Gasteiger partial charge >= 0.3 is 0 Å². The first-order valence-corrected chi connectivity index (χ1v) is 15.3. The predicted molar refractivity (Wildman–Crippen MR) is 161 cm³/mol. The highest BCUT2D eigenvalue weighted by atomic mass is 79.9. The Morgan fingerprint density at radius 3 is 2.29 bits per heavy atom. The third-order valence-corrected chi connectivity index (χ3v) is 11.1. The molecule has 0 spiro atoms. The van der Waals surface area contributed by atoms with Gasteiger partial charge in [-0.05, 0) is 70.9 Å². The average Bonchev–Trinajstić information content (AvgIpc) is 2.85. The van der Waals surface area contributed by atoms with E-state index in [1.165, 1.54) is 0 Å². The van der Waals surface area contributed by atoms with E-state index in [0.29, 0.717) is 23.1 Å². The van der Waals surface area contributed by atoms with Crippen LogP contribution in [0.4, 0.5) is 0 Å². The number of ketones is 2. The molecule has 0 aromatic heterocycles. The van der Waals surface area contributed by atoms with E-state index in [9.17, 15) is 34.8 Å². The van der Waals surface area contributed by atoms with E-state index in [1.807, 2.05) is 65.0 Å². The maximum Gasteiger partial charge on any atom is 0.230 e. The zero-order valence-corrected chi connectivity index (χ0v) is 26.4. The molecule has 2 fully saturated rings. The SMILES string of the molecule is CC(C)c1cc(-c2cccc(Br)c2)c(O)c2c1C[C@]1(C)C[C@]3(C)[C@@H](C(C)C)C(O)[C@@H](C(N)=O)C(=O)[C@]3(O)C(O)[C@H]1C2=O. The second-order valence-electron chi connectivity index (χ2n) is 13.9. The number of hydrogen-bond donors (Lipinski definition) is 5. The van der Waals surface area contributed by atoms with Gasteiger partial charge in [-0.15, -0.1) is 0 Å². The van der Waals surface area contributed by atoms with Gasteiger partial charge in [-0.1, -0.05) is 69.6 Å². The van der Waals surface area contributed by atoms with Gasteiger partial charge in [0.1, 0.15) is 17.8 Å². The van der Waals surface area contributed by atoms with Crippen LogP contribution in [0.1, 0.15) is 75.4 Å². The summed E-state index contributed by atoms with van der Waals surface area (Å²) < 4.78 is 0.799. The smallest absolute Gasteiger partial charge is 0.230 e. The van der Waals surface area contributed by atoms with Gasteiger partial charge in [0.2, 0.25) is 5.91 Å². The number of phenolic OH excluding ortho intramolecular Hbond substituents is 1. The molecule has 8 atom stereocenters. The van der Waals surface area contributed by atoms with Crippen LogP contribution in [0.25, 0.3) is 11.1 Å². The van der Waals surface area contributed by atoms with E-state index in [-0.39, 0.29) is 29.6 Å². The normalized spacial score (nSPS) is 36.0. The Morgan fingerprint density at radius 2 is 1.74 bits per heavy atom. The number of aliphatic hydroxyl groups is 3. The summed E-state index contributed by atoms with van der Waals surface area (Å²) in [6.07, 6.45) is -2.94. The Bertz CT molecular complexity index is 1500. The average molecular weight is 643 g/mol. The van der Waals surface area contributed by atoms with Crippen LogP contribution in [-0.2, 0) is 16.0 Å². The molecule has 226 valence electrons. The molecule has 1 amide bonds. The molecule has 2 aromatic rings. The number of benzene rings is 2. The highest BCUT2D eigenvalue weighted by Crippen LogP contribution is 2.66. The van der Waals surface area contributed by atoms with Crippen molar-refractivity contribution in [2.24, 2.45) is 40.2 Å². The topological polar surface area (TPSA) is 158 Å². The number of nitrogens with two attached hydrogens (primary N) is 1. The van der Waals surface area contributed by atoms with Gasteiger partial charge in [0.25, 0.3) is 0 Å². The quantitative estimate of drug-likeness (QED) is 0.314. The molecule has 6 N–H and O–H groups in total. The number of primary amides is 1. The lowest BCUT2D eigenvalue weighted by atomic mass is 9.39. The van der Waals surface area contributed by atoms with E-state index >= 15 is 0 Å². The molecule has 0 bridgehead atoms. The van der Waals surface area contributed by atoms with Crippen LogP contribution in [0, 0.1) is 34.5 Å². The number of rotatable bonds is 4. The summed E-state index contributed by atoms with van der Waals surface area (Å²) in [4.78, 5) is 40.9. The fourth-order valence-corrected chi connectivity index (χ4v) is 9.42. The molecule has 9 heteroatoms. The van der Waals surface area contributed by atoms with Crippen molar-refractivity contribution >= 4 is 33.4 Å². The number of Topliss-reactive ketones (excluding diaryl/α,β-unsaturated/α-hetero) is 2. The minimum atomic E-state index is -2.53. The lowest BCUT2D eigenvalue weighted by Crippen LogP contribution is -2.79. The first-order chi connectivity index (χ1) is 19.4. The summed E-state index contributed by atoms with van der Waals surface area (Å²) in [6.45, 7) is 11.2. The predicted octanol–water partition coefficient (Wildman–Crippen LogP) is 4.13. The minimum Gasteiger partial charge on any atom is -0.507 e. The number of phenols is 1. The molecule has 0 saturated heterocycles. The molecule has 42 heavy (non-hydrogen) atoms. The van der Waals surface area contributed by atoms with Gasteiger partial charge in [0, 0.05) is 15.5 Å². The molecule has 2 aromatic carbocycles. The van der Waals surface area contributed by atoms with E-state index in [4.69, 9.17) is 5.73 Å². The van der Waals surface area contributed by atoms with Crippen LogP contribution < -0.4 is 5.73 Å². The summed E-state index contributed by atoms with van der Waals surface area (Å²) in [5.74, 6) is -7.00. The molecule has 8 nitrogen and oxygen atoms in total. The van der Waals surface area contributed by atoms with Crippen molar-refractivity contribution in [3.63, 3.8) is 0 Å². The second-order valence-corrected chi connectivity index (χ2v) is 14.8. The molecular formula is C33H40BrNO7. The summed E-state index contributed by atoms with van der Waals surface area (Å²) in [6, 6.07) is 9.28. The zero-order chi connectivity index (χ0) is 31.3. The number of carbonyl (C=O) groups is 3. The zero-order valence-electron chi connectivity index (χ0n) is 24.8. The van der Waals surface area contributed by atoms with Crippen LogP contribution in [0.5, 0.6) is 5.75 Å². The van der Waals surface area contributed by atoms with Gasteiger partial charge in [0.15, 0.2) is 17.2 Å². The lowest BCUT2D eigenvalue weighted by molar-refractivity contribution is -0.265. The number of halogens is 1. The number of fused-ring (bicyclic) bond motifs is 3. The number of hydrogen-bond acceptors (Lipinski definition) is 7. The van der Waals surface area contributed by atoms with Crippen molar-refractivity contribution in [2.45, 2.75) is 78.1 Å². The van der Waals surface area contributed by atoms with Crippen molar-refractivity contribution < 1.29 is 34.8 Å². The molecular weight excluding hydrogens is 602 g/mol. The minimum absolute atomic E-state index is 0.00273. The summed E-state index contributed by atoms with van der Waals surface area (Å²) >= 11 is 3.47. The van der Waals surface area contributed by atoms with Crippen molar-refractivity contribution in [3.05, 3.63) is 51.5 Å². The van der Waals surface area contributed by atoms with Crippen LogP contribution in [0.2, 0.25) is 0 Å². The third kappa shape index (κ3) is 4.00. The Kier molecular flexibility index (Phi) is 7.33. The van der Waals surface area contributed by atoms with E-state index < -0.39 is 63.9 Å². The fraction of sp³-hybridized carbons (Fsp3) is 0.545. The number of amides is 1. The van der Waals surface area contributed by atoms with Crippen LogP contribution in [0.3, 0.4) is 0 Å². The molecule has 0 heterocycles. The summed E-state index contributed by atoms with van der Waals surface area (Å²) in [7, 11) is 0. The standard InChI is InChI=1S/C33H40BrNO7/c1-14(2)18-11-19(16-8-7-9-17(34)10-16)25(36)21-20(18)12-31(5)13-32(6)23(15(3)4)27(38)22(30(35)41)28(39)33(32,42)29(40)24(31)26(21)37/h7-11,14-15,22-24,27,29,36,38,40,42H,12-13H2,1-6H3,(H2,35,41)/t22-,23+,24-,27?,29?,31-,32-,33+/m1/s1. The van der Waals surface area contributed by atoms with Crippen LogP contribution in [0.15, 0.2) is 34.8 Å². The molecule has 3 aliphatic carbocycles. The first-order valence-electron chi connectivity index (χ1n) is 14.5. The van der Waals surface area contributed by atoms with Gasteiger partial charge in [-0.25, -0.2) is 0 Å². The molecule has 3 aliphatic rings. The van der Waals surface area contributed by atoms with E-state index in [2.05, 4.69) is 15.9 Å². The Hall–Kier alpha value is -2.59. The van der Waals surface area contributed by atoms with Crippen molar-refractivity contribution in [1.82, 2.24) is 0 Å². The van der Waals surface area contributed by atoms with E-state index in [0.717, 1.165) is 10.0 Å². The van der Waals surface area contributed by atoms with Gasteiger partial charge < -0.3 is 26.2 Å². The molecule has 0 aliphatic heterocycles. The summed E-state index contributed by atoms with van der Waals surface area (Å²) in [5, 5.41) is 47.3. The molecule has 5 rings (SSSR count). The van der Waals surface area contributed by atoms with Crippen molar-refractivity contribution in [3.8, 4) is 16.9 Å². The highest BCUT2D eigenvalue weighted by molar-refractivity contribution is 9.10. The van der Waals surface area contributed by atoms with Crippen molar-refractivity contribution in [2.75, 3.05) is 0 Å². The molecule has 2 unspecified atom stereocenters. The number of aliphatic hydroxyl groups excluding tert-OH is 2. The van der Waals surface area contributed by atoms with Crippen LogP contribution in [-0.4, -0.2) is 55.7 Å². The Labute approximate surface area is 254 Å². The highest BCUT2D eigenvalue weighted by Gasteiger charge is 2.76. The molecule has 2 saturated carbocycles. The van der Waals surface area contributed by atoms with Gasteiger partial charge in [-0.2, -0.15) is 0 Å². The lowest BCUT2D eigenvalue weighted by Gasteiger charge is -2.66. The fourth-order valence-electron chi connectivity index (χ4n) is 9.02. The second kappa shape index (κ2) is 9.97. The maximum atomic E-state index is 14.5. The van der Waals surface area contributed by atoms with Crippen LogP contribution >= 0.6 is 15.9 Å². The monoisotopic (exact) mass is 641 g/mol. The largest absolute Gasteiger partial charge is 0.507 e. The maximum absolute atomic E-state index is 14.5. The van der Waals surface area contributed by atoms with Crippen molar-refractivity contribution in [1.29, 1.82) is 0 Å². The number of carbonyl (C=O) groups excluding carboxylic acids is 3. The third-order valence-electron chi connectivity index (χ3n) is 10.6. The summed E-state index contributed by atoms with van der Waals surface area (Å²) in [5.41, 5.74) is 3.53. The Morgan fingerprint density at radius 1 is 1.10 bits per heavy atom. The van der Waals surface area contributed by atoms with E-state index in [1.54, 1.807) is 6.92 Å². The Balaban J connectivity index is 1.76.